The van der Waals surface area contributed by atoms with E-state index in [-0.39, 0.29) is 0 Å². The van der Waals surface area contributed by atoms with Crippen LogP contribution in [0.3, 0.4) is 0 Å². The van der Waals surface area contributed by atoms with E-state index in [0.29, 0.717) is 17.9 Å². The lowest BCUT2D eigenvalue weighted by Gasteiger charge is -2.38. The highest BCUT2D eigenvalue weighted by Crippen LogP contribution is 2.33. The van der Waals surface area contributed by atoms with Crippen LogP contribution in [0.1, 0.15) is 24.1 Å². The molecule has 1 aliphatic rings. The molecule has 1 aliphatic heterocycles. The summed E-state index contributed by atoms with van der Waals surface area (Å²) in [5.41, 5.74) is 3.65. The lowest BCUT2D eigenvalue weighted by atomic mass is 9.84. The van der Waals surface area contributed by atoms with Crippen molar-refractivity contribution in [3.05, 3.63) is 89.2 Å². The van der Waals surface area contributed by atoms with Gasteiger partial charge in [0.25, 0.3) is 0 Å². The van der Waals surface area contributed by atoms with E-state index < -0.39 is 5.60 Å². The summed E-state index contributed by atoms with van der Waals surface area (Å²) in [5.74, 6) is 0. The maximum absolute atomic E-state index is 11.0. The third kappa shape index (κ3) is 4.22. The van der Waals surface area contributed by atoms with Crippen LogP contribution in [0.5, 0.6) is 0 Å². The first kappa shape index (κ1) is 18.2. The molecular weight excluding hydrogens is 356 g/mol. The van der Waals surface area contributed by atoms with Crippen molar-refractivity contribution in [2.24, 2.45) is 0 Å². The third-order valence-corrected chi connectivity index (χ3v) is 5.63. The van der Waals surface area contributed by atoms with E-state index in [0.717, 1.165) is 30.9 Å². The Hall–Kier alpha value is -2.20. The SMILES string of the molecule is OC1(c2ccc(Cl)cc2)CCN(Cc2cc(-c3ccccc3)ccn2)CC1. The zero-order chi connectivity index (χ0) is 18.7. The van der Waals surface area contributed by atoms with E-state index in [2.05, 4.69) is 40.2 Å². The molecule has 0 saturated carbocycles. The van der Waals surface area contributed by atoms with E-state index in [1.54, 1.807) is 0 Å². The lowest BCUT2D eigenvalue weighted by Crippen LogP contribution is -2.42. The third-order valence-electron chi connectivity index (χ3n) is 5.37. The largest absolute Gasteiger partial charge is 0.385 e. The number of benzene rings is 2. The van der Waals surface area contributed by atoms with Crippen molar-refractivity contribution in [3.8, 4) is 11.1 Å². The number of halogens is 1. The number of hydrogen-bond donors (Lipinski definition) is 1. The zero-order valence-electron chi connectivity index (χ0n) is 15.2. The molecule has 1 aromatic heterocycles. The number of aromatic nitrogens is 1. The average molecular weight is 379 g/mol. The van der Waals surface area contributed by atoms with Gasteiger partial charge in [-0.15, -0.1) is 0 Å². The number of hydrogen-bond acceptors (Lipinski definition) is 3. The molecule has 4 rings (SSSR count). The molecule has 0 spiro atoms. The van der Waals surface area contributed by atoms with E-state index in [4.69, 9.17) is 11.6 Å². The molecule has 3 aromatic rings. The molecular formula is C23H23ClN2O. The van der Waals surface area contributed by atoms with Gasteiger partial charge >= 0.3 is 0 Å². The Bertz CT molecular complexity index is 888. The number of aliphatic hydroxyl groups is 1. The maximum Gasteiger partial charge on any atom is 0.0920 e. The van der Waals surface area contributed by atoms with E-state index in [1.165, 1.54) is 11.1 Å². The first-order chi connectivity index (χ1) is 13.1. The molecule has 0 atom stereocenters. The molecule has 0 unspecified atom stereocenters. The zero-order valence-corrected chi connectivity index (χ0v) is 15.9. The van der Waals surface area contributed by atoms with Gasteiger partial charge in [0.05, 0.1) is 11.3 Å². The summed E-state index contributed by atoms with van der Waals surface area (Å²) < 4.78 is 0. The second-order valence-corrected chi connectivity index (χ2v) is 7.65. The Labute approximate surface area is 165 Å². The van der Waals surface area contributed by atoms with Gasteiger partial charge < -0.3 is 5.11 Å². The molecule has 3 nitrogen and oxygen atoms in total. The average Bonchev–Trinajstić information content (AvgIpc) is 2.71. The highest BCUT2D eigenvalue weighted by Gasteiger charge is 2.33. The smallest absolute Gasteiger partial charge is 0.0920 e. The fourth-order valence-corrected chi connectivity index (χ4v) is 3.86. The van der Waals surface area contributed by atoms with Crippen LogP contribution in [-0.2, 0) is 12.1 Å². The van der Waals surface area contributed by atoms with Crippen molar-refractivity contribution in [1.29, 1.82) is 0 Å². The van der Waals surface area contributed by atoms with Crippen LogP contribution >= 0.6 is 11.6 Å². The predicted octanol–water partition coefficient (Wildman–Crippen LogP) is 4.89. The van der Waals surface area contributed by atoms with Crippen molar-refractivity contribution in [1.82, 2.24) is 9.88 Å². The monoisotopic (exact) mass is 378 g/mol. The van der Waals surface area contributed by atoms with Gasteiger partial charge in [0.1, 0.15) is 0 Å². The summed E-state index contributed by atoms with van der Waals surface area (Å²) in [4.78, 5) is 6.91. The lowest BCUT2D eigenvalue weighted by molar-refractivity contribution is -0.0279. The van der Waals surface area contributed by atoms with Gasteiger partial charge in [-0.2, -0.15) is 0 Å². The number of likely N-dealkylation sites (tertiary alicyclic amines) is 1. The number of piperidine rings is 1. The van der Waals surface area contributed by atoms with Crippen molar-refractivity contribution < 1.29 is 5.11 Å². The topological polar surface area (TPSA) is 36.4 Å². The van der Waals surface area contributed by atoms with Crippen LogP contribution in [-0.4, -0.2) is 28.1 Å². The first-order valence-corrected chi connectivity index (χ1v) is 9.71. The van der Waals surface area contributed by atoms with Gasteiger partial charge in [-0.05, 0) is 53.8 Å². The minimum atomic E-state index is -0.763. The summed E-state index contributed by atoms with van der Waals surface area (Å²) in [5, 5.41) is 11.7. The van der Waals surface area contributed by atoms with Gasteiger partial charge in [0, 0.05) is 30.9 Å². The fraction of sp³-hybridized carbons (Fsp3) is 0.261. The van der Waals surface area contributed by atoms with Crippen molar-refractivity contribution >= 4 is 11.6 Å². The minimum absolute atomic E-state index is 0.698. The van der Waals surface area contributed by atoms with Crippen molar-refractivity contribution in [2.45, 2.75) is 25.0 Å². The normalized spacial score (nSPS) is 17.0. The first-order valence-electron chi connectivity index (χ1n) is 9.34. The van der Waals surface area contributed by atoms with Gasteiger partial charge in [0.15, 0.2) is 0 Å². The highest BCUT2D eigenvalue weighted by molar-refractivity contribution is 6.30. The van der Waals surface area contributed by atoms with Gasteiger partial charge in [0.2, 0.25) is 0 Å². The molecule has 0 amide bonds. The molecule has 2 aromatic carbocycles. The Morgan fingerprint density at radius 3 is 2.33 bits per heavy atom. The predicted molar refractivity (Wildman–Crippen MR) is 110 cm³/mol. The Kier molecular flexibility index (Phi) is 5.26. The van der Waals surface area contributed by atoms with Crippen LogP contribution in [0.15, 0.2) is 72.9 Å². The molecule has 138 valence electrons. The second kappa shape index (κ2) is 7.81. The van der Waals surface area contributed by atoms with E-state index in [1.807, 2.05) is 42.6 Å². The molecule has 4 heteroatoms. The maximum atomic E-state index is 11.0. The van der Waals surface area contributed by atoms with E-state index in [9.17, 15) is 5.11 Å². The highest BCUT2D eigenvalue weighted by atomic mass is 35.5. The summed E-state index contributed by atoms with van der Waals surface area (Å²) in [6.07, 6.45) is 3.31. The summed E-state index contributed by atoms with van der Waals surface area (Å²) in [6, 6.07) is 22.1. The van der Waals surface area contributed by atoms with Gasteiger partial charge in [-0.3, -0.25) is 9.88 Å². The van der Waals surface area contributed by atoms with Crippen LogP contribution in [0.4, 0.5) is 0 Å². The Morgan fingerprint density at radius 1 is 0.926 bits per heavy atom. The molecule has 1 saturated heterocycles. The van der Waals surface area contributed by atoms with Crippen LogP contribution in [0, 0.1) is 0 Å². The van der Waals surface area contributed by atoms with Crippen LogP contribution < -0.4 is 0 Å². The Morgan fingerprint density at radius 2 is 1.63 bits per heavy atom. The summed E-state index contributed by atoms with van der Waals surface area (Å²) in [6.45, 7) is 2.49. The summed E-state index contributed by atoms with van der Waals surface area (Å²) in [7, 11) is 0. The Balaban J connectivity index is 1.42. The van der Waals surface area contributed by atoms with Crippen LogP contribution in [0.25, 0.3) is 11.1 Å². The van der Waals surface area contributed by atoms with Gasteiger partial charge in [-0.25, -0.2) is 0 Å². The van der Waals surface area contributed by atoms with E-state index >= 15 is 0 Å². The number of nitrogens with zero attached hydrogens (tertiary/aromatic N) is 2. The molecule has 0 aliphatic carbocycles. The van der Waals surface area contributed by atoms with Gasteiger partial charge in [-0.1, -0.05) is 54.1 Å². The quantitative estimate of drug-likeness (QED) is 0.702. The number of rotatable bonds is 4. The number of pyridine rings is 1. The molecule has 2 heterocycles. The standard InChI is InChI=1S/C23H23ClN2O/c24-21-8-6-20(7-9-21)23(27)11-14-26(15-12-23)17-22-16-19(10-13-25-22)18-4-2-1-3-5-18/h1-10,13,16,27H,11-12,14-15,17H2. The van der Waals surface area contributed by atoms with Crippen molar-refractivity contribution in [3.63, 3.8) is 0 Å². The van der Waals surface area contributed by atoms with Crippen molar-refractivity contribution in [2.75, 3.05) is 13.1 Å². The minimum Gasteiger partial charge on any atom is -0.385 e. The van der Waals surface area contributed by atoms with Crippen LogP contribution in [0.2, 0.25) is 5.02 Å². The molecule has 0 bridgehead atoms. The molecule has 1 fully saturated rings. The molecule has 0 radical (unpaired) electrons. The fourth-order valence-electron chi connectivity index (χ4n) is 3.73. The second-order valence-electron chi connectivity index (χ2n) is 7.22. The molecule has 27 heavy (non-hydrogen) atoms. The summed E-state index contributed by atoms with van der Waals surface area (Å²) >= 11 is 5.97. The molecule has 1 N–H and O–H groups in total.